The number of fused-ring (bicyclic) bond motifs is 4. The molecule has 0 spiro atoms. The minimum Gasteiger partial charge on any atom is -0.367 e. The van der Waals surface area contributed by atoms with Gasteiger partial charge in [0.15, 0.2) is 0 Å². The Balaban J connectivity index is 0.00000225. The van der Waals surface area contributed by atoms with E-state index in [1.165, 1.54) is 55.9 Å². The molecule has 0 saturated carbocycles. The third kappa shape index (κ3) is 4.26. The van der Waals surface area contributed by atoms with Gasteiger partial charge < -0.3 is 15.1 Å². The predicted molar refractivity (Wildman–Crippen MR) is 112 cm³/mol. The number of nitro groups is 1. The highest BCUT2D eigenvalue weighted by molar-refractivity contribution is 6.04. The van der Waals surface area contributed by atoms with Gasteiger partial charge >= 0.3 is 0 Å². The van der Waals surface area contributed by atoms with Crippen molar-refractivity contribution < 1.29 is 9.72 Å². The van der Waals surface area contributed by atoms with Crippen LogP contribution in [0.4, 0.5) is 17.1 Å². The monoisotopic (exact) mass is 402 g/mol. The van der Waals surface area contributed by atoms with Gasteiger partial charge in [-0.2, -0.15) is 0 Å². The summed E-state index contributed by atoms with van der Waals surface area (Å²) >= 11 is 0. The van der Waals surface area contributed by atoms with Gasteiger partial charge in [0.2, 0.25) is 0 Å². The lowest BCUT2D eigenvalue weighted by Crippen LogP contribution is -2.37. The second-order valence-corrected chi connectivity index (χ2v) is 7.07. The average molecular weight is 403 g/mol. The molecule has 0 aromatic heterocycles. The Hall–Kier alpha value is -2.64. The Morgan fingerprint density at radius 1 is 0.964 bits per heavy atom. The van der Waals surface area contributed by atoms with Crippen molar-refractivity contribution in [2.75, 3.05) is 36.4 Å². The fraction of sp³-hybridized carbons (Fsp3) is 0.350. The zero-order chi connectivity index (χ0) is 18.8. The summed E-state index contributed by atoms with van der Waals surface area (Å²) in [4.78, 5) is 27.6. The molecule has 7 nitrogen and oxygen atoms in total. The summed E-state index contributed by atoms with van der Waals surface area (Å²) in [7, 11) is 0. The Bertz CT molecular complexity index is 834. The molecule has 148 valence electrons. The summed E-state index contributed by atoms with van der Waals surface area (Å²) in [5.74, 6) is -0.279. The molecule has 3 heterocycles. The van der Waals surface area contributed by atoms with E-state index in [2.05, 4.69) is 27.2 Å². The van der Waals surface area contributed by atoms with Crippen LogP contribution >= 0.6 is 12.4 Å². The van der Waals surface area contributed by atoms with Crippen molar-refractivity contribution in [3.8, 4) is 0 Å². The zero-order valence-electron chi connectivity index (χ0n) is 15.4. The van der Waals surface area contributed by atoms with E-state index in [4.69, 9.17) is 0 Å². The summed E-state index contributed by atoms with van der Waals surface area (Å²) < 4.78 is 0. The van der Waals surface area contributed by atoms with Crippen LogP contribution in [0.15, 0.2) is 48.5 Å². The molecule has 0 atom stereocenters. The average Bonchev–Trinajstić information content (AvgIpc) is 3.02. The molecule has 3 aliphatic rings. The number of carbonyl (C=O) groups is 1. The van der Waals surface area contributed by atoms with Gasteiger partial charge in [0.25, 0.3) is 11.6 Å². The van der Waals surface area contributed by atoms with Gasteiger partial charge in [-0.15, -0.1) is 12.4 Å². The lowest BCUT2D eigenvalue weighted by Gasteiger charge is -2.33. The molecule has 3 saturated heterocycles. The molecule has 1 amide bonds. The quantitative estimate of drug-likeness (QED) is 0.625. The second kappa shape index (κ2) is 8.58. The fourth-order valence-electron chi connectivity index (χ4n) is 3.90. The highest BCUT2D eigenvalue weighted by Crippen LogP contribution is 2.27. The predicted octanol–water partition coefficient (Wildman–Crippen LogP) is 3.55. The van der Waals surface area contributed by atoms with Gasteiger partial charge in [-0.1, -0.05) is 0 Å². The molecule has 0 unspecified atom stereocenters. The summed E-state index contributed by atoms with van der Waals surface area (Å²) in [6.07, 6.45) is 2.41. The maximum absolute atomic E-state index is 12.3. The fourth-order valence-corrected chi connectivity index (χ4v) is 3.90. The maximum Gasteiger partial charge on any atom is 0.269 e. The topological polar surface area (TPSA) is 78.7 Å². The van der Waals surface area contributed by atoms with Gasteiger partial charge in [0.05, 0.1) is 4.92 Å². The number of benzene rings is 2. The molecule has 28 heavy (non-hydrogen) atoms. The SMILES string of the molecule is Cl.O=C(Nc1ccc(N2CCN3CCC2CC3)cc1)c1ccc([N+](=O)[O-])cc1. The number of carbonyl (C=O) groups excluding carboxylic acids is 1. The summed E-state index contributed by atoms with van der Waals surface area (Å²) in [5.41, 5.74) is 2.27. The van der Waals surface area contributed by atoms with E-state index in [0.29, 0.717) is 17.3 Å². The number of hydrogen-bond donors (Lipinski definition) is 1. The van der Waals surface area contributed by atoms with Gasteiger partial charge in [-0.25, -0.2) is 0 Å². The van der Waals surface area contributed by atoms with Crippen LogP contribution in [0.25, 0.3) is 0 Å². The first-order valence-corrected chi connectivity index (χ1v) is 9.25. The summed E-state index contributed by atoms with van der Waals surface area (Å²) in [5, 5.41) is 13.6. The van der Waals surface area contributed by atoms with E-state index in [1.807, 2.05) is 12.1 Å². The van der Waals surface area contributed by atoms with E-state index < -0.39 is 4.92 Å². The molecule has 0 radical (unpaired) electrons. The number of anilines is 2. The number of nitro benzene ring substituents is 1. The van der Waals surface area contributed by atoms with E-state index in [9.17, 15) is 14.9 Å². The number of nitrogens with zero attached hydrogens (tertiary/aromatic N) is 3. The van der Waals surface area contributed by atoms with Gasteiger partial charge in [-0.05, 0) is 49.2 Å². The summed E-state index contributed by atoms with van der Waals surface area (Å²) in [6.45, 7) is 4.52. The first-order valence-electron chi connectivity index (χ1n) is 9.25. The normalized spacial score (nSPS) is 20.8. The molecular formula is C20H23ClN4O3. The van der Waals surface area contributed by atoms with Crippen LogP contribution in [0, 0.1) is 10.1 Å². The number of piperidine rings is 1. The van der Waals surface area contributed by atoms with E-state index in [-0.39, 0.29) is 24.0 Å². The number of rotatable bonds is 4. The molecule has 0 aliphatic carbocycles. The number of nitrogens with one attached hydrogen (secondary N) is 1. The van der Waals surface area contributed by atoms with Crippen LogP contribution in [0.5, 0.6) is 0 Å². The maximum atomic E-state index is 12.3. The van der Waals surface area contributed by atoms with E-state index >= 15 is 0 Å². The molecule has 2 bridgehead atoms. The number of amides is 1. The van der Waals surface area contributed by atoms with Crippen LogP contribution in [-0.4, -0.2) is 48.0 Å². The molecule has 8 heteroatoms. The van der Waals surface area contributed by atoms with Gasteiger partial charge in [-0.3, -0.25) is 14.9 Å². The van der Waals surface area contributed by atoms with Crippen LogP contribution in [0.3, 0.4) is 0 Å². The van der Waals surface area contributed by atoms with Crippen LogP contribution < -0.4 is 10.2 Å². The van der Waals surface area contributed by atoms with Gasteiger partial charge in [0, 0.05) is 61.3 Å². The third-order valence-corrected chi connectivity index (χ3v) is 5.45. The van der Waals surface area contributed by atoms with Crippen LogP contribution in [-0.2, 0) is 0 Å². The minimum absolute atomic E-state index is 0. The van der Waals surface area contributed by atoms with Crippen molar-refractivity contribution in [1.29, 1.82) is 0 Å². The first-order chi connectivity index (χ1) is 13.1. The van der Waals surface area contributed by atoms with Crippen molar-refractivity contribution in [3.63, 3.8) is 0 Å². The molecule has 2 aromatic rings. The molecule has 1 N–H and O–H groups in total. The Morgan fingerprint density at radius 3 is 2.21 bits per heavy atom. The third-order valence-electron chi connectivity index (χ3n) is 5.45. The molecule has 5 rings (SSSR count). The Kier molecular flexibility index (Phi) is 6.16. The molecule has 3 fully saturated rings. The van der Waals surface area contributed by atoms with Crippen molar-refractivity contribution >= 4 is 35.4 Å². The van der Waals surface area contributed by atoms with Crippen molar-refractivity contribution in [1.82, 2.24) is 4.90 Å². The highest BCUT2D eigenvalue weighted by atomic mass is 35.5. The van der Waals surface area contributed by atoms with Gasteiger partial charge in [0.1, 0.15) is 0 Å². The van der Waals surface area contributed by atoms with Crippen LogP contribution in [0.1, 0.15) is 23.2 Å². The van der Waals surface area contributed by atoms with Crippen molar-refractivity contribution in [2.24, 2.45) is 0 Å². The highest BCUT2D eigenvalue weighted by Gasteiger charge is 2.28. The largest absolute Gasteiger partial charge is 0.367 e. The zero-order valence-corrected chi connectivity index (χ0v) is 16.2. The lowest BCUT2D eigenvalue weighted by molar-refractivity contribution is -0.384. The molecule has 3 aliphatic heterocycles. The lowest BCUT2D eigenvalue weighted by atomic mass is 10.0. The molecular weight excluding hydrogens is 380 g/mol. The van der Waals surface area contributed by atoms with E-state index in [1.54, 1.807) is 0 Å². The Labute approximate surface area is 169 Å². The smallest absolute Gasteiger partial charge is 0.269 e. The number of non-ortho nitro benzene ring substituents is 1. The number of halogens is 1. The molecule has 2 aromatic carbocycles. The second-order valence-electron chi connectivity index (χ2n) is 7.07. The van der Waals surface area contributed by atoms with Crippen molar-refractivity contribution in [2.45, 2.75) is 18.9 Å². The van der Waals surface area contributed by atoms with Crippen molar-refractivity contribution in [3.05, 3.63) is 64.2 Å². The summed E-state index contributed by atoms with van der Waals surface area (Å²) in [6, 6.07) is 14.1. The first kappa shape index (κ1) is 20.1. The number of hydrogen-bond acceptors (Lipinski definition) is 5. The standard InChI is InChI=1S/C20H22N4O3.ClH/c25-20(15-1-5-19(6-2-15)24(26)27)21-16-3-7-17(8-4-16)23-14-13-22-11-9-18(23)10-12-22;/h1-8,18H,9-14H2,(H,21,25);1H. The van der Waals surface area contributed by atoms with E-state index in [0.717, 1.165) is 13.1 Å². The minimum atomic E-state index is -0.479. The van der Waals surface area contributed by atoms with Crippen LogP contribution in [0.2, 0.25) is 0 Å². The Morgan fingerprint density at radius 2 is 1.61 bits per heavy atom.